The maximum Gasteiger partial charge on any atom is 0.275 e. The number of aromatic amines is 1. The Labute approximate surface area is 170 Å². The summed E-state index contributed by atoms with van der Waals surface area (Å²) in [5.74, 6) is 0.756. The minimum Gasteiger partial charge on any atom is -0.447 e. The highest BCUT2D eigenvalue weighted by Crippen LogP contribution is 2.24. The lowest BCUT2D eigenvalue weighted by Crippen LogP contribution is -2.21. The summed E-state index contributed by atoms with van der Waals surface area (Å²) in [6.07, 6.45) is 1.48. The molecule has 4 aromatic rings. The molecular formula is C18H17N5O4S2. The number of benzene rings is 1. The van der Waals surface area contributed by atoms with Crippen molar-refractivity contribution in [1.29, 1.82) is 0 Å². The van der Waals surface area contributed by atoms with Gasteiger partial charge in [-0.2, -0.15) is 5.10 Å². The van der Waals surface area contributed by atoms with Gasteiger partial charge in [0.05, 0.1) is 17.6 Å². The second kappa shape index (κ2) is 7.50. The Kier molecular flexibility index (Phi) is 5.03. The fourth-order valence-corrected chi connectivity index (χ4v) is 4.18. The monoisotopic (exact) mass is 431 g/mol. The normalized spacial score (nSPS) is 12.1. The van der Waals surface area contributed by atoms with E-state index in [2.05, 4.69) is 15.1 Å². The third-order valence-corrected chi connectivity index (χ3v) is 6.73. The Morgan fingerprint density at radius 3 is 2.66 bits per heavy atom. The molecule has 9 nitrogen and oxygen atoms in total. The van der Waals surface area contributed by atoms with Gasteiger partial charge in [-0.1, -0.05) is 30.0 Å². The number of furan rings is 1. The van der Waals surface area contributed by atoms with Crippen molar-refractivity contribution in [3.8, 4) is 5.69 Å². The predicted octanol–water partition coefficient (Wildman–Crippen LogP) is 2.24. The second-order valence-electron chi connectivity index (χ2n) is 6.30. The molecule has 0 radical (unpaired) electrons. The van der Waals surface area contributed by atoms with Crippen LogP contribution in [0.25, 0.3) is 16.7 Å². The Balaban J connectivity index is 1.61. The molecule has 0 atom stereocenters. The third-order valence-electron chi connectivity index (χ3n) is 4.14. The summed E-state index contributed by atoms with van der Waals surface area (Å²) in [6.45, 7) is 0. The molecular weight excluding hydrogens is 414 g/mol. The molecule has 0 amide bonds. The standard InChI is InChI=1S/C18H17N5O4S2/c1-22(2)29(25,26)15-9-8-13(27-15)11-28-18-20-16-14(17(24)21-18)10-19-23(16)12-6-4-3-5-7-12/h3-10H,11H2,1-2H3,(H,20,21,24). The van der Waals surface area contributed by atoms with Crippen molar-refractivity contribution in [1.82, 2.24) is 24.1 Å². The Hall–Kier alpha value is -2.89. The molecule has 3 heterocycles. The smallest absolute Gasteiger partial charge is 0.275 e. The zero-order valence-corrected chi connectivity index (χ0v) is 17.2. The molecule has 1 N–H and O–H groups in total. The number of H-pyrrole nitrogens is 1. The van der Waals surface area contributed by atoms with Crippen LogP contribution in [-0.2, 0) is 15.8 Å². The molecule has 0 bridgehead atoms. The average Bonchev–Trinajstić information content (AvgIpc) is 3.35. The minimum absolute atomic E-state index is 0.128. The van der Waals surface area contributed by atoms with Crippen LogP contribution in [0.5, 0.6) is 0 Å². The molecule has 0 unspecified atom stereocenters. The van der Waals surface area contributed by atoms with Gasteiger partial charge in [0.2, 0.25) is 5.09 Å². The Morgan fingerprint density at radius 1 is 1.17 bits per heavy atom. The van der Waals surface area contributed by atoms with E-state index in [0.29, 0.717) is 27.7 Å². The molecule has 0 aliphatic carbocycles. The van der Waals surface area contributed by atoms with Gasteiger partial charge >= 0.3 is 0 Å². The zero-order valence-electron chi connectivity index (χ0n) is 15.6. The van der Waals surface area contributed by atoms with E-state index in [1.54, 1.807) is 10.7 Å². The molecule has 0 aliphatic rings. The highest BCUT2D eigenvalue weighted by atomic mass is 32.2. The van der Waals surface area contributed by atoms with Gasteiger partial charge in [0.15, 0.2) is 10.8 Å². The summed E-state index contributed by atoms with van der Waals surface area (Å²) in [7, 11) is -0.758. The quantitative estimate of drug-likeness (QED) is 0.368. The number of hydrogen-bond donors (Lipinski definition) is 1. The maximum absolute atomic E-state index is 12.4. The lowest BCUT2D eigenvalue weighted by atomic mass is 10.3. The molecule has 0 aliphatic heterocycles. The first kappa shape index (κ1) is 19.4. The van der Waals surface area contributed by atoms with Crippen molar-refractivity contribution in [2.45, 2.75) is 16.0 Å². The summed E-state index contributed by atoms with van der Waals surface area (Å²) in [5.41, 5.74) is 0.939. The van der Waals surface area contributed by atoms with Crippen LogP contribution in [0, 0.1) is 0 Å². The van der Waals surface area contributed by atoms with Gasteiger partial charge in [0.25, 0.3) is 15.6 Å². The highest BCUT2D eigenvalue weighted by Gasteiger charge is 2.21. The number of hydrogen-bond acceptors (Lipinski definition) is 7. The molecule has 0 fully saturated rings. The van der Waals surface area contributed by atoms with E-state index in [4.69, 9.17) is 4.42 Å². The van der Waals surface area contributed by atoms with Gasteiger partial charge in [-0.25, -0.2) is 22.4 Å². The van der Waals surface area contributed by atoms with Crippen molar-refractivity contribution in [3.05, 3.63) is 64.8 Å². The van der Waals surface area contributed by atoms with Crippen LogP contribution in [0.15, 0.2) is 68.1 Å². The van der Waals surface area contributed by atoms with Crippen molar-refractivity contribution in [2.75, 3.05) is 14.1 Å². The predicted molar refractivity (Wildman–Crippen MR) is 109 cm³/mol. The van der Waals surface area contributed by atoms with Crippen LogP contribution in [0.4, 0.5) is 0 Å². The van der Waals surface area contributed by atoms with E-state index in [-0.39, 0.29) is 10.7 Å². The molecule has 0 spiro atoms. The van der Waals surface area contributed by atoms with Crippen LogP contribution in [-0.4, -0.2) is 46.6 Å². The van der Waals surface area contributed by atoms with E-state index in [9.17, 15) is 13.2 Å². The molecule has 1 aromatic carbocycles. The van der Waals surface area contributed by atoms with Gasteiger partial charge in [-0.15, -0.1) is 0 Å². The fraction of sp³-hybridized carbons (Fsp3) is 0.167. The maximum atomic E-state index is 12.4. The first-order valence-electron chi connectivity index (χ1n) is 8.54. The highest BCUT2D eigenvalue weighted by molar-refractivity contribution is 7.98. The molecule has 3 aromatic heterocycles. The number of fused-ring (bicyclic) bond motifs is 1. The van der Waals surface area contributed by atoms with Gasteiger partial charge < -0.3 is 9.40 Å². The molecule has 0 saturated heterocycles. The van der Waals surface area contributed by atoms with E-state index in [1.165, 1.54) is 38.1 Å². The van der Waals surface area contributed by atoms with Crippen LogP contribution in [0.2, 0.25) is 0 Å². The lowest BCUT2D eigenvalue weighted by molar-refractivity contribution is 0.408. The average molecular weight is 431 g/mol. The van der Waals surface area contributed by atoms with E-state index in [0.717, 1.165) is 9.99 Å². The van der Waals surface area contributed by atoms with Crippen LogP contribution in [0.1, 0.15) is 5.76 Å². The SMILES string of the molecule is CN(C)S(=O)(=O)c1ccc(CSc2nc3c(cnn3-c3ccccc3)c(=O)[nH]2)o1. The summed E-state index contributed by atoms with van der Waals surface area (Å²) in [4.78, 5) is 19.6. The van der Waals surface area contributed by atoms with Crippen LogP contribution >= 0.6 is 11.8 Å². The van der Waals surface area contributed by atoms with Gasteiger partial charge in [0, 0.05) is 14.1 Å². The number of nitrogens with zero attached hydrogens (tertiary/aromatic N) is 4. The topological polar surface area (TPSA) is 114 Å². The minimum atomic E-state index is -3.63. The van der Waals surface area contributed by atoms with Gasteiger partial charge in [-0.3, -0.25) is 4.79 Å². The number of thioether (sulfide) groups is 1. The zero-order chi connectivity index (χ0) is 20.6. The molecule has 29 heavy (non-hydrogen) atoms. The summed E-state index contributed by atoms with van der Waals surface area (Å²) < 4.78 is 32.3. The van der Waals surface area contributed by atoms with Crippen molar-refractivity contribution < 1.29 is 12.8 Å². The first-order chi connectivity index (χ1) is 13.9. The van der Waals surface area contributed by atoms with Crippen molar-refractivity contribution >= 4 is 32.8 Å². The third kappa shape index (κ3) is 3.71. The summed E-state index contributed by atoms with van der Waals surface area (Å²) >= 11 is 1.23. The number of nitrogens with one attached hydrogen (secondary N) is 1. The lowest BCUT2D eigenvalue weighted by Gasteiger charge is -2.07. The van der Waals surface area contributed by atoms with E-state index < -0.39 is 10.0 Å². The molecule has 11 heteroatoms. The second-order valence-corrected chi connectivity index (χ2v) is 9.34. The van der Waals surface area contributed by atoms with Gasteiger partial charge in [-0.05, 0) is 24.3 Å². The van der Waals surface area contributed by atoms with E-state index in [1.807, 2.05) is 30.3 Å². The molecule has 0 saturated carbocycles. The largest absolute Gasteiger partial charge is 0.447 e. The molecule has 150 valence electrons. The first-order valence-corrected chi connectivity index (χ1v) is 11.0. The van der Waals surface area contributed by atoms with Crippen molar-refractivity contribution in [2.24, 2.45) is 0 Å². The fourth-order valence-electron chi connectivity index (χ4n) is 2.62. The number of rotatable bonds is 6. The summed E-state index contributed by atoms with van der Waals surface area (Å²) in [5, 5.41) is 4.91. The number of para-hydroxylation sites is 1. The van der Waals surface area contributed by atoms with Crippen LogP contribution in [0.3, 0.4) is 0 Å². The van der Waals surface area contributed by atoms with Gasteiger partial charge in [0.1, 0.15) is 11.1 Å². The van der Waals surface area contributed by atoms with Crippen LogP contribution < -0.4 is 5.56 Å². The Bertz CT molecular complexity index is 1320. The van der Waals surface area contributed by atoms with E-state index >= 15 is 0 Å². The van der Waals surface area contributed by atoms with Crippen molar-refractivity contribution in [3.63, 3.8) is 0 Å². The Morgan fingerprint density at radius 2 is 1.93 bits per heavy atom. The number of aromatic nitrogens is 4. The molecule has 4 rings (SSSR count). The summed E-state index contributed by atoms with van der Waals surface area (Å²) in [6, 6.07) is 12.4. The number of sulfonamides is 1.